The molecule has 0 aliphatic rings. The molecule has 0 radical (unpaired) electrons. The van der Waals surface area contributed by atoms with E-state index < -0.39 is 5.97 Å². The highest BCUT2D eigenvalue weighted by molar-refractivity contribution is 5.90. The van der Waals surface area contributed by atoms with Gasteiger partial charge in [0.2, 0.25) is 11.9 Å². The van der Waals surface area contributed by atoms with Crippen LogP contribution in [0.15, 0.2) is 18.5 Å². The molecular weight excluding hydrogens is 236 g/mol. The maximum Gasteiger partial charge on any atom is 0.303 e. The van der Waals surface area contributed by atoms with E-state index in [2.05, 4.69) is 15.3 Å². The van der Waals surface area contributed by atoms with Gasteiger partial charge in [0.25, 0.3) is 0 Å². The lowest BCUT2D eigenvalue weighted by Crippen LogP contribution is -2.31. The van der Waals surface area contributed by atoms with Crippen LogP contribution in [0.5, 0.6) is 0 Å². The molecule has 0 saturated heterocycles. The first-order valence-corrected chi connectivity index (χ1v) is 5.55. The van der Waals surface area contributed by atoms with Crippen LogP contribution in [0.2, 0.25) is 0 Å². The van der Waals surface area contributed by atoms with E-state index in [4.69, 9.17) is 5.11 Å². The van der Waals surface area contributed by atoms with Gasteiger partial charge in [0, 0.05) is 18.8 Å². The first-order valence-electron chi connectivity index (χ1n) is 5.55. The number of hydrogen-bond donors (Lipinski definition) is 2. The van der Waals surface area contributed by atoms with Crippen molar-refractivity contribution in [3.05, 3.63) is 18.5 Å². The lowest BCUT2D eigenvalue weighted by Gasteiger charge is -2.14. The molecule has 7 heteroatoms. The second-order valence-electron chi connectivity index (χ2n) is 3.86. The summed E-state index contributed by atoms with van der Waals surface area (Å²) in [5, 5.41) is 11.0. The fourth-order valence-electron chi connectivity index (χ4n) is 1.35. The van der Waals surface area contributed by atoms with Gasteiger partial charge >= 0.3 is 5.97 Å². The van der Waals surface area contributed by atoms with Gasteiger partial charge in [-0.3, -0.25) is 19.8 Å². The normalized spacial score (nSPS) is 10.3. The van der Waals surface area contributed by atoms with Crippen molar-refractivity contribution in [1.29, 1.82) is 0 Å². The van der Waals surface area contributed by atoms with Gasteiger partial charge in [-0.05, 0) is 26.1 Å². The Hall–Kier alpha value is -2.02. The third kappa shape index (κ3) is 5.90. The molecule has 0 fully saturated rings. The van der Waals surface area contributed by atoms with Crippen molar-refractivity contribution in [2.75, 3.05) is 25.5 Å². The molecule has 0 aliphatic carbocycles. The van der Waals surface area contributed by atoms with Crippen LogP contribution in [0.1, 0.15) is 12.8 Å². The Morgan fingerprint density at radius 3 is 2.67 bits per heavy atom. The number of amides is 1. The summed E-state index contributed by atoms with van der Waals surface area (Å²) < 4.78 is 0. The van der Waals surface area contributed by atoms with E-state index in [1.54, 1.807) is 30.4 Å². The average molecular weight is 252 g/mol. The van der Waals surface area contributed by atoms with Gasteiger partial charge in [-0.2, -0.15) is 0 Å². The molecule has 2 N–H and O–H groups in total. The molecule has 0 bridgehead atoms. The van der Waals surface area contributed by atoms with E-state index >= 15 is 0 Å². The maximum absolute atomic E-state index is 11.6. The highest BCUT2D eigenvalue weighted by Gasteiger charge is 2.08. The molecule has 0 saturated carbocycles. The van der Waals surface area contributed by atoms with Crippen LogP contribution in [0, 0.1) is 0 Å². The summed E-state index contributed by atoms with van der Waals surface area (Å²) in [5.74, 6) is -0.786. The van der Waals surface area contributed by atoms with Crippen LogP contribution in [0.4, 0.5) is 5.95 Å². The number of hydrogen-bond acceptors (Lipinski definition) is 5. The number of aliphatic carboxylic acids is 1. The molecule has 7 nitrogen and oxygen atoms in total. The number of likely N-dealkylation sites (N-methyl/N-ethyl adjacent to an activating group) is 1. The van der Waals surface area contributed by atoms with Gasteiger partial charge in [0.15, 0.2) is 0 Å². The third-order valence-corrected chi connectivity index (χ3v) is 2.16. The number of carbonyl (C=O) groups is 2. The van der Waals surface area contributed by atoms with Crippen LogP contribution in [-0.4, -0.2) is 52.0 Å². The van der Waals surface area contributed by atoms with Gasteiger partial charge in [-0.15, -0.1) is 0 Å². The monoisotopic (exact) mass is 252 g/mol. The van der Waals surface area contributed by atoms with Gasteiger partial charge in [0.1, 0.15) is 0 Å². The number of carboxylic acids is 1. The van der Waals surface area contributed by atoms with Crippen molar-refractivity contribution in [3.63, 3.8) is 0 Å². The topological polar surface area (TPSA) is 95.4 Å². The third-order valence-electron chi connectivity index (χ3n) is 2.16. The van der Waals surface area contributed by atoms with Crippen molar-refractivity contribution >= 4 is 17.8 Å². The lowest BCUT2D eigenvalue weighted by molar-refractivity contribution is -0.137. The predicted molar refractivity (Wildman–Crippen MR) is 65.0 cm³/mol. The number of anilines is 1. The van der Waals surface area contributed by atoms with Crippen LogP contribution in [-0.2, 0) is 9.59 Å². The van der Waals surface area contributed by atoms with E-state index in [1.165, 1.54) is 0 Å². The Balaban J connectivity index is 2.25. The molecule has 98 valence electrons. The Kier molecular flexibility index (Phi) is 5.72. The van der Waals surface area contributed by atoms with Crippen LogP contribution in [0.25, 0.3) is 0 Å². The molecule has 0 unspecified atom stereocenters. The minimum Gasteiger partial charge on any atom is -0.481 e. The van der Waals surface area contributed by atoms with Crippen molar-refractivity contribution < 1.29 is 14.7 Å². The Labute approximate surface area is 105 Å². The standard InChI is InChI=1S/C11H16N4O3/c1-15(7-2-4-10(17)18)8-9(16)14-11-12-5-3-6-13-11/h3,5-6H,2,4,7-8H2,1H3,(H,17,18)(H,12,13,14,16). The summed E-state index contributed by atoms with van der Waals surface area (Å²) in [6, 6.07) is 1.66. The smallest absolute Gasteiger partial charge is 0.303 e. The van der Waals surface area contributed by atoms with E-state index in [0.717, 1.165) is 0 Å². The minimum atomic E-state index is -0.828. The Morgan fingerprint density at radius 2 is 2.06 bits per heavy atom. The number of carboxylic acid groups (broad SMARTS) is 1. The fourth-order valence-corrected chi connectivity index (χ4v) is 1.35. The summed E-state index contributed by atoms with van der Waals surface area (Å²) >= 11 is 0. The zero-order valence-corrected chi connectivity index (χ0v) is 10.2. The van der Waals surface area contributed by atoms with E-state index in [1.807, 2.05) is 0 Å². The van der Waals surface area contributed by atoms with E-state index in [0.29, 0.717) is 13.0 Å². The predicted octanol–water partition coefficient (Wildman–Crippen LogP) is 0.212. The summed E-state index contributed by atoms with van der Waals surface area (Å²) in [6.45, 7) is 0.729. The number of rotatable bonds is 7. The second kappa shape index (κ2) is 7.33. The molecule has 1 amide bonds. The molecule has 0 aliphatic heterocycles. The zero-order valence-electron chi connectivity index (χ0n) is 10.2. The van der Waals surface area contributed by atoms with Crippen molar-refractivity contribution in [1.82, 2.24) is 14.9 Å². The molecule has 1 heterocycles. The van der Waals surface area contributed by atoms with Crippen molar-refractivity contribution in [2.24, 2.45) is 0 Å². The van der Waals surface area contributed by atoms with Crippen molar-refractivity contribution in [3.8, 4) is 0 Å². The first kappa shape index (κ1) is 14.0. The van der Waals surface area contributed by atoms with Crippen LogP contribution in [0.3, 0.4) is 0 Å². The maximum atomic E-state index is 11.6. The minimum absolute atomic E-state index is 0.105. The number of carbonyl (C=O) groups excluding carboxylic acids is 1. The van der Waals surface area contributed by atoms with Crippen molar-refractivity contribution in [2.45, 2.75) is 12.8 Å². The Morgan fingerprint density at radius 1 is 1.39 bits per heavy atom. The Bertz CT molecular complexity index is 397. The molecule has 1 rings (SSSR count). The molecule has 0 atom stereocenters. The molecule has 0 spiro atoms. The quantitative estimate of drug-likeness (QED) is 0.720. The summed E-state index contributed by atoms with van der Waals surface area (Å²) in [4.78, 5) is 31.4. The number of nitrogens with one attached hydrogen (secondary N) is 1. The van der Waals surface area contributed by atoms with Gasteiger partial charge < -0.3 is 5.11 Å². The van der Waals surface area contributed by atoms with Crippen LogP contribution >= 0.6 is 0 Å². The molecular formula is C11H16N4O3. The average Bonchev–Trinajstić information content (AvgIpc) is 2.29. The number of nitrogens with zero attached hydrogens (tertiary/aromatic N) is 3. The zero-order chi connectivity index (χ0) is 13.4. The highest BCUT2D eigenvalue weighted by Crippen LogP contribution is 1.96. The van der Waals surface area contributed by atoms with Gasteiger partial charge in [-0.25, -0.2) is 9.97 Å². The first-order chi connectivity index (χ1) is 8.58. The number of aromatic nitrogens is 2. The van der Waals surface area contributed by atoms with Crippen LogP contribution < -0.4 is 5.32 Å². The summed E-state index contributed by atoms with van der Waals surface area (Å²) in [7, 11) is 1.76. The van der Waals surface area contributed by atoms with E-state index in [9.17, 15) is 9.59 Å². The fraction of sp³-hybridized carbons (Fsp3) is 0.455. The summed E-state index contributed by atoms with van der Waals surface area (Å²) in [5.41, 5.74) is 0. The molecule has 18 heavy (non-hydrogen) atoms. The molecule has 0 aromatic carbocycles. The second-order valence-corrected chi connectivity index (χ2v) is 3.86. The lowest BCUT2D eigenvalue weighted by atomic mass is 10.3. The molecule has 1 aromatic rings. The van der Waals surface area contributed by atoms with Gasteiger partial charge in [-0.1, -0.05) is 0 Å². The highest BCUT2D eigenvalue weighted by atomic mass is 16.4. The summed E-state index contributed by atoms with van der Waals surface area (Å²) in [6.07, 6.45) is 3.70. The molecule has 1 aromatic heterocycles. The largest absolute Gasteiger partial charge is 0.481 e. The SMILES string of the molecule is CN(CCCC(=O)O)CC(=O)Nc1ncccn1. The van der Waals surface area contributed by atoms with Gasteiger partial charge in [0.05, 0.1) is 6.54 Å². The van der Waals surface area contributed by atoms with E-state index in [-0.39, 0.29) is 24.8 Å².